The molecule has 1 aliphatic carbocycles. The Morgan fingerprint density at radius 3 is 2.39 bits per heavy atom. The summed E-state index contributed by atoms with van der Waals surface area (Å²) in [5.41, 5.74) is 4.26. The number of nitrogens with two attached hydrogens (primary N) is 1. The molecule has 0 radical (unpaired) electrons. The van der Waals surface area contributed by atoms with Gasteiger partial charge in [-0.3, -0.25) is 4.79 Å². The van der Waals surface area contributed by atoms with Crippen molar-refractivity contribution in [3.63, 3.8) is 0 Å². The molecule has 0 heterocycles. The van der Waals surface area contributed by atoms with Gasteiger partial charge in [-0.2, -0.15) is 0 Å². The number of hydrogen-bond acceptors (Lipinski definition) is 3. The molecule has 6 heteroatoms. The maximum atomic E-state index is 12.9. The number of benzene rings is 1. The molecule has 1 unspecified atom stereocenters. The van der Waals surface area contributed by atoms with Crippen LogP contribution < -0.4 is 10.5 Å². The minimum Gasteiger partial charge on any atom is -0.491 e. The van der Waals surface area contributed by atoms with Gasteiger partial charge in [-0.1, -0.05) is 0 Å². The van der Waals surface area contributed by atoms with Gasteiger partial charge in [0.15, 0.2) is 5.54 Å². The van der Waals surface area contributed by atoms with Crippen molar-refractivity contribution in [2.45, 2.75) is 18.4 Å². The first-order chi connectivity index (χ1) is 8.41. The minimum absolute atomic E-state index is 0.0655. The zero-order valence-corrected chi connectivity index (χ0v) is 9.53. The highest BCUT2D eigenvalue weighted by molar-refractivity contribution is 5.79. The molecule has 1 aliphatic rings. The average Bonchev–Trinajstić information content (AvgIpc) is 3.08. The van der Waals surface area contributed by atoms with Crippen LogP contribution in [-0.4, -0.2) is 23.2 Å². The van der Waals surface area contributed by atoms with Crippen LogP contribution in [0.3, 0.4) is 0 Å². The molecule has 4 nitrogen and oxygen atoms in total. The maximum Gasteiger partial charge on any atom is 0.327 e. The highest BCUT2D eigenvalue weighted by atomic mass is 19.1. The molecule has 0 saturated heterocycles. The van der Waals surface area contributed by atoms with E-state index in [0.717, 1.165) is 25.0 Å². The second kappa shape index (κ2) is 4.53. The van der Waals surface area contributed by atoms with Gasteiger partial charge >= 0.3 is 5.97 Å². The Kier molecular flexibility index (Phi) is 3.21. The summed E-state index contributed by atoms with van der Waals surface area (Å²) in [6, 6.07) is 2.68. The summed E-state index contributed by atoms with van der Waals surface area (Å²) in [6.45, 7) is -0.310. The first-order valence-electron chi connectivity index (χ1n) is 5.53. The first-order valence-corrected chi connectivity index (χ1v) is 5.53. The van der Waals surface area contributed by atoms with Gasteiger partial charge in [-0.25, -0.2) is 8.78 Å². The van der Waals surface area contributed by atoms with Gasteiger partial charge < -0.3 is 15.6 Å². The molecule has 0 spiro atoms. The summed E-state index contributed by atoms with van der Waals surface area (Å²) in [5.74, 6) is -2.94. The van der Waals surface area contributed by atoms with Gasteiger partial charge in [-0.15, -0.1) is 0 Å². The molecule has 1 saturated carbocycles. The monoisotopic (exact) mass is 257 g/mol. The van der Waals surface area contributed by atoms with E-state index in [1.165, 1.54) is 0 Å². The minimum atomic E-state index is -1.50. The van der Waals surface area contributed by atoms with E-state index in [1.807, 2.05) is 0 Å². The van der Waals surface area contributed by atoms with Crippen molar-refractivity contribution in [3.05, 3.63) is 29.8 Å². The van der Waals surface area contributed by atoms with Crippen LogP contribution in [0.4, 0.5) is 8.78 Å². The fraction of sp³-hybridized carbons (Fsp3) is 0.417. The predicted molar refractivity (Wildman–Crippen MR) is 59.1 cm³/mol. The molecule has 1 aromatic carbocycles. The Labute approximate surface area is 102 Å². The number of halogens is 2. The Bertz CT molecular complexity index is 456. The second-order valence-corrected chi connectivity index (χ2v) is 4.51. The van der Waals surface area contributed by atoms with Crippen LogP contribution in [0.1, 0.15) is 12.8 Å². The molecule has 0 aliphatic heterocycles. The highest BCUT2D eigenvalue weighted by Gasteiger charge is 2.49. The van der Waals surface area contributed by atoms with E-state index in [4.69, 9.17) is 15.6 Å². The van der Waals surface area contributed by atoms with Crippen LogP contribution in [-0.2, 0) is 4.79 Å². The normalized spacial score (nSPS) is 18.2. The van der Waals surface area contributed by atoms with Crippen molar-refractivity contribution >= 4 is 5.97 Å². The molecular formula is C12H13F2NO3. The smallest absolute Gasteiger partial charge is 0.327 e. The third-order valence-electron chi connectivity index (χ3n) is 3.02. The Hall–Kier alpha value is -1.69. The van der Waals surface area contributed by atoms with E-state index in [-0.39, 0.29) is 18.3 Å². The number of aliphatic carboxylic acids is 1. The number of rotatable bonds is 5. The lowest BCUT2D eigenvalue weighted by molar-refractivity contribution is -0.145. The fourth-order valence-corrected chi connectivity index (χ4v) is 1.77. The zero-order chi connectivity index (χ0) is 13.3. The molecule has 2 rings (SSSR count). The molecular weight excluding hydrogens is 244 g/mol. The number of hydrogen-bond donors (Lipinski definition) is 2. The van der Waals surface area contributed by atoms with Crippen LogP contribution in [0.5, 0.6) is 5.75 Å². The standard InChI is InChI=1S/C12H13F2NO3/c13-8-3-9(14)5-10(4-8)18-6-12(15,11(16)17)7-1-2-7/h3-5,7H,1-2,6,15H2,(H,16,17). The second-order valence-electron chi connectivity index (χ2n) is 4.51. The lowest BCUT2D eigenvalue weighted by atomic mass is 9.96. The summed E-state index contributed by atoms with van der Waals surface area (Å²) in [5, 5.41) is 9.08. The quantitative estimate of drug-likeness (QED) is 0.839. The Balaban J connectivity index is 2.07. The number of carboxylic acids is 1. The summed E-state index contributed by atoms with van der Waals surface area (Å²) < 4.78 is 30.9. The molecule has 0 bridgehead atoms. The zero-order valence-electron chi connectivity index (χ0n) is 9.53. The van der Waals surface area contributed by atoms with Gasteiger partial charge in [-0.05, 0) is 18.8 Å². The molecule has 18 heavy (non-hydrogen) atoms. The average molecular weight is 257 g/mol. The molecule has 3 N–H and O–H groups in total. The Morgan fingerprint density at radius 2 is 1.94 bits per heavy atom. The van der Waals surface area contributed by atoms with Gasteiger partial charge in [0, 0.05) is 18.2 Å². The van der Waals surface area contributed by atoms with Gasteiger partial charge in [0.2, 0.25) is 0 Å². The summed E-state index contributed by atoms with van der Waals surface area (Å²) >= 11 is 0. The van der Waals surface area contributed by atoms with Crippen LogP contribution in [0.25, 0.3) is 0 Å². The molecule has 0 aromatic heterocycles. The summed E-state index contributed by atoms with van der Waals surface area (Å²) in [4.78, 5) is 11.1. The van der Waals surface area contributed by atoms with Crippen molar-refractivity contribution in [1.29, 1.82) is 0 Å². The van der Waals surface area contributed by atoms with E-state index in [1.54, 1.807) is 0 Å². The van der Waals surface area contributed by atoms with Crippen molar-refractivity contribution in [3.8, 4) is 5.75 Å². The van der Waals surface area contributed by atoms with E-state index < -0.39 is 23.1 Å². The molecule has 1 fully saturated rings. The fourth-order valence-electron chi connectivity index (χ4n) is 1.77. The third kappa shape index (κ3) is 2.59. The van der Waals surface area contributed by atoms with E-state index in [9.17, 15) is 13.6 Å². The first kappa shape index (κ1) is 12.8. The van der Waals surface area contributed by atoms with Crippen molar-refractivity contribution in [2.24, 2.45) is 11.7 Å². The van der Waals surface area contributed by atoms with E-state index in [0.29, 0.717) is 6.07 Å². The highest BCUT2D eigenvalue weighted by Crippen LogP contribution is 2.38. The third-order valence-corrected chi connectivity index (χ3v) is 3.02. The number of carboxylic acid groups (broad SMARTS) is 1. The summed E-state index contributed by atoms with van der Waals surface area (Å²) in [7, 11) is 0. The van der Waals surface area contributed by atoms with Crippen LogP contribution in [0.2, 0.25) is 0 Å². The van der Waals surface area contributed by atoms with Crippen LogP contribution in [0, 0.1) is 17.6 Å². The van der Waals surface area contributed by atoms with Gasteiger partial charge in [0.25, 0.3) is 0 Å². The van der Waals surface area contributed by atoms with Gasteiger partial charge in [0.1, 0.15) is 24.0 Å². The van der Waals surface area contributed by atoms with Crippen LogP contribution >= 0.6 is 0 Å². The van der Waals surface area contributed by atoms with Crippen LogP contribution in [0.15, 0.2) is 18.2 Å². The van der Waals surface area contributed by atoms with Crippen molar-refractivity contribution < 1.29 is 23.4 Å². The van der Waals surface area contributed by atoms with E-state index in [2.05, 4.69) is 0 Å². The largest absolute Gasteiger partial charge is 0.491 e. The number of ether oxygens (including phenoxy) is 1. The lowest BCUT2D eigenvalue weighted by Gasteiger charge is -2.24. The maximum absolute atomic E-state index is 12.9. The van der Waals surface area contributed by atoms with Crippen molar-refractivity contribution in [2.75, 3.05) is 6.61 Å². The Morgan fingerprint density at radius 1 is 1.39 bits per heavy atom. The van der Waals surface area contributed by atoms with Crippen molar-refractivity contribution in [1.82, 2.24) is 0 Å². The molecule has 98 valence electrons. The van der Waals surface area contributed by atoms with E-state index >= 15 is 0 Å². The SMILES string of the molecule is NC(COc1cc(F)cc(F)c1)(C(=O)O)C1CC1. The lowest BCUT2D eigenvalue weighted by Crippen LogP contribution is -2.54. The predicted octanol–water partition coefficient (Wildman–Crippen LogP) is 1.54. The topological polar surface area (TPSA) is 72.5 Å². The van der Waals surface area contributed by atoms with Gasteiger partial charge in [0.05, 0.1) is 0 Å². The number of carbonyl (C=O) groups is 1. The summed E-state index contributed by atoms with van der Waals surface area (Å²) in [6.07, 6.45) is 1.45. The molecule has 0 amide bonds. The molecule has 1 aromatic rings. The molecule has 1 atom stereocenters.